The molecule has 0 aliphatic carbocycles. The van der Waals surface area contributed by atoms with Crippen molar-refractivity contribution < 1.29 is 8.42 Å². The van der Waals surface area contributed by atoms with Gasteiger partial charge in [-0.1, -0.05) is 29.0 Å². The van der Waals surface area contributed by atoms with E-state index >= 15 is 0 Å². The summed E-state index contributed by atoms with van der Waals surface area (Å²) >= 11 is 1.12. The van der Waals surface area contributed by atoms with E-state index in [1.165, 1.54) is 0 Å². The Bertz CT molecular complexity index is 1110. The smallest absolute Gasteiger partial charge is 0.296 e. The molecule has 7 heteroatoms. The number of fused-ring (bicyclic) bond motifs is 1. The zero-order chi connectivity index (χ0) is 18.4. The fraction of sp³-hybridized carbons (Fsp3) is 0.278. The first-order valence-corrected chi connectivity index (χ1v) is 10.2. The molecule has 3 rings (SSSR count). The van der Waals surface area contributed by atoms with Crippen LogP contribution in [0.5, 0.6) is 0 Å². The molecule has 0 spiro atoms. The van der Waals surface area contributed by atoms with Crippen molar-refractivity contribution in [2.75, 3.05) is 4.72 Å². The third-order valence-electron chi connectivity index (χ3n) is 4.00. The van der Waals surface area contributed by atoms with Gasteiger partial charge in [0.15, 0.2) is 0 Å². The van der Waals surface area contributed by atoms with Gasteiger partial charge in [0.25, 0.3) is 10.0 Å². The van der Waals surface area contributed by atoms with Gasteiger partial charge in [0.05, 0.1) is 20.8 Å². The van der Waals surface area contributed by atoms with E-state index in [2.05, 4.69) is 4.72 Å². The summed E-state index contributed by atoms with van der Waals surface area (Å²) in [5, 5.41) is 0. The number of aryl methyl sites for hydroxylation is 2. The van der Waals surface area contributed by atoms with Gasteiger partial charge in [0.2, 0.25) is 0 Å². The average Bonchev–Trinajstić information content (AvgIpc) is 2.81. The van der Waals surface area contributed by atoms with E-state index in [9.17, 15) is 13.2 Å². The standard InChI is InChI=1S/C18H20N2O3S2/c1-11(2)20-15-7-6-14(10-16(15)24-18(20)21)19-25(22,23)17-8-5-12(3)9-13(17)4/h5-11,19H,1-4H3. The zero-order valence-corrected chi connectivity index (χ0v) is 16.2. The summed E-state index contributed by atoms with van der Waals surface area (Å²) < 4.78 is 30.4. The lowest BCUT2D eigenvalue weighted by Gasteiger charge is -2.12. The van der Waals surface area contributed by atoms with Crippen LogP contribution in [0.25, 0.3) is 10.2 Å². The van der Waals surface area contributed by atoms with Gasteiger partial charge in [-0.15, -0.1) is 0 Å². The van der Waals surface area contributed by atoms with E-state index in [0.29, 0.717) is 11.3 Å². The minimum Gasteiger partial charge on any atom is -0.296 e. The van der Waals surface area contributed by atoms with Crippen LogP contribution < -0.4 is 9.60 Å². The molecule has 5 nitrogen and oxygen atoms in total. The lowest BCUT2D eigenvalue weighted by atomic mass is 10.2. The number of hydrogen-bond donors (Lipinski definition) is 1. The van der Waals surface area contributed by atoms with Crippen molar-refractivity contribution in [3.8, 4) is 0 Å². The van der Waals surface area contributed by atoms with Crippen molar-refractivity contribution in [1.82, 2.24) is 4.57 Å². The van der Waals surface area contributed by atoms with Gasteiger partial charge in [-0.3, -0.25) is 14.1 Å². The van der Waals surface area contributed by atoms with Crippen molar-refractivity contribution in [1.29, 1.82) is 0 Å². The summed E-state index contributed by atoms with van der Waals surface area (Å²) in [6, 6.07) is 10.5. The third-order valence-corrected chi connectivity index (χ3v) is 6.46. The van der Waals surface area contributed by atoms with Crippen LogP contribution in [0, 0.1) is 13.8 Å². The molecule has 0 radical (unpaired) electrons. The van der Waals surface area contributed by atoms with Gasteiger partial charge in [-0.2, -0.15) is 0 Å². The molecule has 3 aromatic rings. The van der Waals surface area contributed by atoms with Crippen LogP contribution >= 0.6 is 11.3 Å². The Kier molecular flexibility index (Phi) is 4.47. The van der Waals surface area contributed by atoms with Crippen LogP contribution in [0.2, 0.25) is 0 Å². The molecule has 0 saturated carbocycles. The maximum Gasteiger partial charge on any atom is 0.308 e. The van der Waals surface area contributed by atoms with E-state index in [-0.39, 0.29) is 15.8 Å². The molecule has 0 aliphatic rings. The summed E-state index contributed by atoms with van der Waals surface area (Å²) in [6.45, 7) is 7.60. The normalized spacial score (nSPS) is 12.0. The zero-order valence-electron chi connectivity index (χ0n) is 14.5. The number of benzene rings is 2. The van der Waals surface area contributed by atoms with E-state index in [1.807, 2.05) is 26.8 Å². The molecule has 2 aromatic carbocycles. The van der Waals surface area contributed by atoms with Gasteiger partial charge < -0.3 is 0 Å². The fourth-order valence-electron chi connectivity index (χ4n) is 2.90. The van der Waals surface area contributed by atoms with Crippen LogP contribution in [0.1, 0.15) is 31.0 Å². The van der Waals surface area contributed by atoms with Gasteiger partial charge in [0.1, 0.15) is 0 Å². The third kappa shape index (κ3) is 3.34. The number of aromatic nitrogens is 1. The second-order valence-electron chi connectivity index (χ2n) is 6.39. The van der Waals surface area contributed by atoms with Gasteiger partial charge in [-0.05, 0) is 57.5 Å². The van der Waals surface area contributed by atoms with Gasteiger partial charge in [-0.25, -0.2) is 8.42 Å². The lowest BCUT2D eigenvalue weighted by Crippen LogP contribution is -2.15. The maximum atomic E-state index is 12.7. The van der Waals surface area contributed by atoms with Gasteiger partial charge in [0, 0.05) is 6.04 Å². The van der Waals surface area contributed by atoms with Crippen LogP contribution in [0.4, 0.5) is 5.69 Å². The van der Waals surface area contributed by atoms with Crippen LogP contribution in [-0.4, -0.2) is 13.0 Å². The molecule has 132 valence electrons. The number of thiazole rings is 1. The Hall–Kier alpha value is -2.12. The first-order chi connectivity index (χ1) is 11.7. The molecule has 0 saturated heterocycles. The largest absolute Gasteiger partial charge is 0.308 e. The Labute approximate surface area is 151 Å². The number of anilines is 1. The molecule has 0 unspecified atom stereocenters. The molecule has 1 aromatic heterocycles. The summed E-state index contributed by atoms with van der Waals surface area (Å²) in [5.74, 6) is 0. The predicted molar refractivity (Wildman–Crippen MR) is 103 cm³/mol. The first kappa shape index (κ1) is 17.7. The monoisotopic (exact) mass is 376 g/mol. The molecule has 1 N–H and O–H groups in total. The fourth-order valence-corrected chi connectivity index (χ4v) is 5.23. The second kappa shape index (κ2) is 6.31. The summed E-state index contributed by atoms with van der Waals surface area (Å²) in [6.07, 6.45) is 0. The quantitative estimate of drug-likeness (QED) is 0.746. The van der Waals surface area contributed by atoms with E-state index in [1.54, 1.807) is 41.8 Å². The van der Waals surface area contributed by atoms with Crippen molar-refractivity contribution >= 4 is 37.3 Å². The molecule has 0 amide bonds. The number of rotatable bonds is 4. The molecule has 0 fully saturated rings. The van der Waals surface area contributed by atoms with Crippen molar-refractivity contribution in [3.63, 3.8) is 0 Å². The number of hydrogen-bond acceptors (Lipinski definition) is 4. The van der Waals surface area contributed by atoms with Crippen LogP contribution in [-0.2, 0) is 10.0 Å². The SMILES string of the molecule is Cc1ccc(S(=O)(=O)Nc2ccc3c(c2)sc(=O)n3C(C)C)c(C)c1. The summed E-state index contributed by atoms with van der Waals surface area (Å²) in [5.41, 5.74) is 2.98. The van der Waals surface area contributed by atoms with Crippen LogP contribution in [0.15, 0.2) is 46.1 Å². The molecule has 0 aliphatic heterocycles. The topological polar surface area (TPSA) is 68.2 Å². The second-order valence-corrected chi connectivity index (χ2v) is 9.03. The highest BCUT2D eigenvalue weighted by Gasteiger charge is 2.18. The number of nitrogens with zero attached hydrogens (tertiary/aromatic N) is 1. The van der Waals surface area contributed by atoms with E-state index < -0.39 is 10.0 Å². The minimum atomic E-state index is -3.68. The van der Waals surface area contributed by atoms with Crippen molar-refractivity contribution in [2.24, 2.45) is 0 Å². The summed E-state index contributed by atoms with van der Waals surface area (Å²) in [4.78, 5) is 12.3. The maximum absolute atomic E-state index is 12.7. The molecule has 1 heterocycles. The first-order valence-electron chi connectivity index (χ1n) is 7.94. The average molecular weight is 377 g/mol. The van der Waals surface area contributed by atoms with E-state index in [0.717, 1.165) is 27.1 Å². The Morgan fingerprint density at radius 3 is 2.44 bits per heavy atom. The Morgan fingerprint density at radius 2 is 1.80 bits per heavy atom. The molecule has 0 bridgehead atoms. The highest BCUT2D eigenvalue weighted by molar-refractivity contribution is 7.92. The Morgan fingerprint density at radius 1 is 1.08 bits per heavy atom. The molecular weight excluding hydrogens is 356 g/mol. The molecule has 25 heavy (non-hydrogen) atoms. The predicted octanol–water partition coefficient (Wildman–Crippen LogP) is 4.06. The number of nitrogens with one attached hydrogen (secondary N) is 1. The highest BCUT2D eigenvalue weighted by Crippen LogP contribution is 2.26. The molecular formula is C18H20N2O3S2. The minimum absolute atomic E-state index is 0.0422. The lowest BCUT2D eigenvalue weighted by molar-refractivity contribution is 0.600. The van der Waals surface area contributed by atoms with E-state index in [4.69, 9.17) is 0 Å². The van der Waals surface area contributed by atoms with Crippen molar-refractivity contribution in [2.45, 2.75) is 38.6 Å². The Balaban J connectivity index is 2.01. The van der Waals surface area contributed by atoms with Crippen LogP contribution in [0.3, 0.4) is 0 Å². The van der Waals surface area contributed by atoms with Crippen molar-refractivity contribution in [3.05, 3.63) is 57.2 Å². The summed E-state index contributed by atoms with van der Waals surface area (Å²) in [7, 11) is -3.68. The number of sulfonamides is 1. The highest BCUT2D eigenvalue weighted by atomic mass is 32.2. The van der Waals surface area contributed by atoms with Gasteiger partial charge >= 0.3 is 4.87 Å². The molecule has 0 atom stereocenters.